The van der Waals surface area contributed by atoms with Crippen LogP contribution in [0.1, 0.15) is 38.3 Å². The average molecular weight is 320 g/mol. The lowest BCUT2D eigenvalue weighted by atomic mass is 9.88. The fourth-order valence-electron chi connectivity index (χ4n) is 2.49. The fourth-order valence-corrected chi connectivity index (χ4v) is 2.49. The highest BCUT2D eigenvalue weighted by molar-refractivity contribution is 5.58. The Kier molecular flexibility index (Phi) is 4.52. The number of benzene rings is 2. The molecule has 0 saturated carbocycles. The summed E-state index contributed by atoms with van der Waals surface area (Å²) in [5.74, 6) is 1.12. The molecule has 0 aliphatic rings. The largest absolute Gasteiger partial charge is 0.416 e. The molecule has 0 atom stereocenters. The quantitative estimate of drug-likeness (QED) is 0.620. The molecule has 0 unspecified atom stereocenters. The summed E-state index contributed by atoms with van der Waals surface area (Å²) in [4.78, 5) is 0. The highest BCUT2D eigenvalue weighted by atomic mass is 16.4. The van der Waals surface area contributed by atoms with Gasteiger partial charge >= 0.3 is 0 Å². The molecule has 3 rings (SSSR count). The maximum atomic E-state index is 5.83. The van der Waals surface area contributed by atoms with Crippen LogP contribution in [0, 0.1) is 12.3 Å². The molecular weight excluding hydrogens is 296 g/mol. The maximum Gasteiger partial charge on any atom is 0.248 e. The predicted molar refractivity (Wildman–Crippen MR) is 97.7 cm³/mol. The molecule has 124 valence electrons. The van der Waals surface area contributed by atoms with E-state index >= 15 is 0 Å². The minimum atomic E-state index is 0.355. The maximum absolute atomic E-state index is 5.83. The van der Waals surface area contributed by atoms with Gasteiger partial charge in [-0.25, -0.2) is 0 Å². The molecule has 0 aliphatic heterocycles. The second-order valence-electron chi connectivity index (χ2n) is 7.54. The van der Waals surface area contributed by atoms with Crippen molar-refractivity contribution in [3.63, 3.8) is 0 Å². The number of hydrogen-bond donors (Lipinski definition) is 0. The topological polar surface area (TPSA) is 38.9 Å². The van der Waals surface area contributed by atoms with E-state index in [0.717, 1.165) is 17.5 Å². The zero-order chi connectivity index (χ0) is 17.2. The summed E-state index contributed by atoms with van der Waals surface area (Å²) in [5.41, 5.74) is 4.81. The highest BCUT2D eigenvalue weighted by Crippen LogP contribution is 2.26. The summed E-state index contributed by atoms with van der Waals surface area (Å²) < 4.78 is 5.83. The zero-order valence-corrected chi connectivity index (χ0v) is 14.8. The van der Waals surface area contributed by atoms with Gasteiger partial charge in [0.25, 0.3) is 0 Å². The van der Waals surface area contributed by atoms with Crippen LogP contribution in [0.25, 0.3) is 22.9 Å². The Hall–Kier alpha value is -2.42. The third-order valence-electron chi connectivity index (χ3n) is 4.09. The van der Waals surface area contributed by atoms with E-state index in [9.17, 15) is 0 Å². The van der Waals surface area contributed by atoms with Gasteiger partial charge in [-0.3, -0.25) is 0 Å². The molecule has 0 amide bonds. The van der Waals surface area contributed by atoms with Crippen LogP contribution in [0.5, 0.6) is 0 Å². The summed E-state index contributed by atoms with van der Waals surface area (Å²) >= 11 is 0. The first-order valence-electron chi connectivity index (χ1n) is 8.41. The van der Waals surface area contributed by atoms with E-state index < -0.39 is 0 Å². The van der Waals surface area contributed by atoms with Gasteiger partial charge in [0.15, 0.2) is 0 Å². The van der Waals surface area contributed by atoms with Crippen molar-refractivity contribution in [1.82, 2.24) is 10.2 Å². The van der Waals surface area contributed by atoms with E-state index in [0.29, 0.717) is 17.2 Å². The molecule has 0 aliphatic carbocycles. The highest BCUT2D eigenvalue weighted by Gasteiger charge is 2.12. The average Bonchev–Trinajstić information content (AvgIpc) is 3.03. The van der Waals surface area contributed by atoms with Crippen molar-refractivity contribution in [3.05, 3.63) is 59.7 Å². The molecule has 3 aromatic rings. The van der Waals surface area contributed by atoms with E-state index in [2.05, 4.69) is 62.2 Å². The molecule has 0 N–H and O–H groups in total. The van der Waals surface area contributed by atoms with Crippen molar-refractivity contribution in [3.8, 4) is 22.9 Å². The Bertz CT molecular complexity index is 793. The van der Waals surface area contributed by atoms with Gasteiger partial charge in [-0.1, -0.05) is 50.6 Å². The molecule has 3 heteroatoms. The van der Waals surface area contributed by atoms with Crippen LogP contribution in [-0.4, -0.2) is 10.2 Å². The molecular formula is C21H24N2O. The van der Waals surface area contributed by atoms with Gasteiger partial charge < -0.3 is 4.42 Å². The Morgan fingerprint density at radius 3 is 1.79 bits per heavy atom. The van der Waals surface area contributed by atoms with E-state index in [-0.39, 0.29) is 0 Å². The van der Waals surface area contributed by atoms with Gasteiger partial charge in [0, 0.05) is 11.1 Å². The van der Waals surface area contributed by atoms with Gasteiger partial charge in [0.05, 0.1) is 0 Å². The third-order valence-corrected chi connectivity index (χ3v) is 4.09. The van der Waals surface area contributed by atoms with Crippen molar-refractivity contribution in [2.45, 2.75) is 40.5 Å². The first-order chi connectivity index (χ1) is 11.4. The number of nitrogens with zero attached hydrogens (tertiary/aromatic N) is 2. The van der Waals surface area contributed by atoms with Crippen molar-refractivity contribution < 1.29 is 4.42 Å². The number of hydrogen-bond acceptors (Lipinski definition) is 3. The third kappa shape index (κ3) is 4.10. The molecule has 3 nitrogen and oxygen atoms in total. The van der Waals surface area contributed by atoms with Crippen molar-refractivity contribution in [2.24, 2.45) is 5.41 Å². The smallest absolute Gasteiger partial charge is 0.248 e. The lowest BCUT2D eigenvalue weighted by molar-refractivity contribution is 0.378. The van der Waals surface area contributed by atoms with Crippen LogP contribution in [0.4, 0.5) is 0 Å². The number of aryl methyl sites for hydroxylation is 2. The number of aromatic nitrogens is 2. The van der Waals surface area contributed by atoms with Crippen LogP contribution in [0.3, 0.4) is 0 Å². The second kappa shape index (κ2) is 6.60. The van der Waals surface area contributed by atoms with E-state index in [1.54, 1.807) is 0 Å². The summed E-state index contributed by atoms with van der Waals surface area (Å²) in [7, 11) is 0. The predicted octanol–water partition coefficient (Wildman–Crippen LogP) is 5.69. The normalized spacial score (nSPS) is 11.7. The second-order valence-corrected chi connectivity index (χ2v) is 7.54. The molecule has 2 aromatic carbocycles. The summed E-state index contributed by atoms with van der Waals surface area (Å²) in [5, 5.41) is 8.35. The lowest BCUT2D eigenvalue weighted by Crippen LogP contribution is -2.06. The molecule has 0 spiro atoms. The van der Waals surface area contributed by atoms with Gasteiger partial charge in [0.1, 0.15) is 0 Å². The van der Waals surface area contributed by atoms with Gasteiger partial charge in [-0.15, -0.1) is 10.2 Å². The van der Waals surface area contributed by atoms with Crippen molar-refractivity contribution in [2.75, 3.05) is 0 Å². The van der Waals surface area contributed by atoms with Crippen LogP contribution >= 0.6 is 0 Å². The molecule has 24 heavy (non-hydrogen) atoms. The lowest BCUT2D eigenvalue weighted by Gasteiger charge is -2.17. The minimum Gasteiger partial charge on any atom is -0.416 e. The van der Waals surface area contributed by atoms with Crippen LogP contribution in [-0.2, 0) is 6.42 Å². The molecule has 0 bridgehead atoms. The van der Waals surface area contributed by atoms with Crippen molar-refractivity contribution in [1.29, 1.82) is 0 Å². The fraction of sp³-hybridized carbons (Fsp3) is 0.333. The SMILES string of the molecule is Cc1ccc(-c2nnc(-c3ccc(CCC(C)(C)C)cc3)o2)cc1. The Balaban J connectivity index is 1.74. The summed E-state index contributed by atoms with van der Waals surface area (Å²) in [6.45, 7) is 8.87. The Labute approximate surface area is 143 Å². The van der Waals surface area contributed by atoms with E-state index in [4.69, 9.17) is 4.42 Å². The monoisotopic (exact) mass is 320 g/mol. The first kappa shape index (κ1) is 16.4. The van der Waals surface area contributed by atoms with Crippen LogP contribution in [0.15, 0.2) is 52.9 Å². The standard InChI is InChI=1S/C21H24N2O/c1-15-5-9-17(10-6-15)19-22-23-20(24-19)18-11-7-16(8-12-18)13-14-21(2,3)4/h5-12H,13-14H2,1-4H3. The Morgan fingerprint density at radius 2 is 1.29 bits per heavy atom. The molecule has 1 heterocycles. The van der Waals surface area contributed by atoms with Gasteiger partial charge in [-0.2, -0.15) is 0 Å². The van der Waals surface area contributed by atoms with Crippen LogP contribution in [0.2, 0.25) is 0 Å². The minimum absolute atomic E-state index is 0.355. The summed E-state index contributed by atoms with van der Waals surface area (Å²) in [6.07, 6.45) is 2.26. The van der Waals surface area contributed by atoms with E-state index in [1.807, 2.05) is 24.3 Å². The van der Waals surface area contributed by atoms with Gasteiger partial charge in [-0.05, 0) is 55.0 Å². The van der Waals surface area contributed by atoms with Gasteiger partial charge in [0.2, 0.25) is 11.8 Å². The molecule has 0 radical (unpaired) electrons. The molecule has 1 aromatic heterocycles. The first-order valence-corrected chi connectivity index (χ1v) is 8.41. The number of rotatable bonds is 4. The zero-order valence-electron chi connectivity index (χ0n) is 14.8. The Morgan fingerprint density at radius 1 is 0.792 bits per heavy atom. The van der Waals surface area contributed by atoms with Crippen molar-refractivity contribution >= 4 is 0 Å². The van der Waals surface area contributed by atoms with E-state index in [1.165, 1.54) is 17.5 Å². The van der Waals surface area contributed by atoms with Crippen LogP contribution < -0.4 is 0 Å². The summed E-state index contributed by atoms with van der Waals surface area (Å²) in [6, 6.07) is 16.5. The molecule has 0 saturated heterocycles. The molecule has 0 fully saturated rings.